The molecule has 0 spiro atoms. The zero-order valence-corrected chi connectivity index (χ0v) is 22.0. The van der Waals surface area contributed by atoms with Gasteiger partial charge in [0.2, 0.25) is 0 Å². The van der Waals surface area contributed by atoms with E-state index in [0.717, 1.165) is 23.5 Å². The molecule has 0 fully saturated rings. The average Bonchev–Trinajstić information content (AvgIpc) is 3.26. The smallest absolute Gasteiger partial charge is 0.271 e. The molecular weight excluding hydrogens is 456 g/mol. The largest absolute Gasteiger partial charge is 0.483 e. The minimum absolute atomic E-state index is 0.0419. The first-order valence-corrected chi connectivity index (χ1v) is 12.3. The van der Waals surface area contributed by atoms with Crippen LogP contribution in [0.15, 0.2) is 47.6 Å². The van der Waals surface area contributed by atoms with Crippen LogP contribution in [-0.4, -0.2) is 35.7 Å². The second kappa shape index (κ2) is 10.9. The molecule has 192 valence electrons. The van der Waals surface area contributed by atoms with E-state index in [1.165, 1.54) is 17.8 Å². The fraction of sp³-hybridized carbons (Fsp3) is 0.429. The maximum atomic E-state index is 12.7. The van der Waals surface area contributed by atoms with Crippen LogP contribution >= 0.6 is 0 Å². The van der Waals surface area contributed by atoms with Crippen molar-refractivity contribution < 1.29 is 19.1 Å². The van der Waals surface area contributed by atoms with Gasteiger partial charge in [0.1, 0.15) is 5.75 Å². The number of hydrogen-bond donors (Lipinski definition) is 2. The van der Waals surface area contributed by atoms with E-state index in [4.69, 9.17) is 4.74 Å². The Hall–Kier alpha value is -3.68. The minimum atomic E-state index is -0.503. The van der Waals surface area contributed by atoms with Gasteiger partial charge in [-0.1, -0.05) is 59.7 Å². The zero-order chi connectivity index (χ0) is 26.5. The summed E-state index contributed by atoms with van der Waals surface area (Å²) in [5.74, 6) is -0.472. The first kappa shape index (κ1) is 26.9. The third kappa shape index (κ3) is 6.30. The molecule has 0 atom stereocenters. The standard InChI is InChI=1S/C28H36N4O4/c1-7-27(3,4)20-12-13-23(22(17-20)28(5,6)8-2)36-18-24(33)30-21-11-9-10-19(16-21)26(35)31-32-25(34)14-15-29-32/h9-13,15-17H,7-8,14,18H2,1-6H3,(H,30,33)(H,31,35). The van der Waals surface area contributed by atoms with E-state index in [2.05, 4.69) is 69.5 Å². The zero-order valence-electron chi connectivity index (χ0n) is 22.0. The molecule has 1 aliphatic rings. The highest BCUT2D eigenvalue weighted by Crippen LogP contribution is 2.38. The Kier molecular flexibility index (Phi) is 8.17. The highest BCUT2D eigenvalue weighted by Gasteiger charge is 2.27. The Labute approximate surface area is 213 Å². The van der Waals surface area contributed by atoms with Crippen LogP contribution in [0.2, 0.25) is 0 Å². The number of anilines is 1. The van der Waals surface area contributed by atoms with Crippen molar-refractivity contribution in [3.8, 4) is 5.75 Å². The number of carbonyl (C=O) groups is 3. The van der Waals surface area contributed by atoms with Crippen molar-refractivity contribution in [1.29, 1.82) is 0 Å². The molecule has 3 amide bonds. The number of nitrogens with zero attached hydrogens (tertiary/aromatic N) is 2. The van der Waals surface area contributed by atoms with Crippen molar-refractivity contribution in [3.63, 3.8) is 0 Å². The average molecular weight is 493 g/mol. The Morgan fingerprint density at radius 2 is 1.75 bits per heavy atom. The molecule has 1 aliphatic heterocycles. The maximum Gasteiger partial charge on any atom is 0.271 e. The maximum absolute atomic E-state index is 12.7. The molecule has 36 heavy (non-hydrogen) atoms. The van der Waals surface area contributed by atoms with E-state index in [0.29, 0.717) is 11.4 Å². The lowest BCUT2D eigenvalue weighted by atomic mass is 9.76. The molecule has 1 heterocycles. The number of hydrogen-bond acceptors (Lipinski definition) is 5. The lowest BCUT2D eigenvalue weighted by molar-refractivity contribution is -0.130. The molecule has 8 heteroatoms. The first-order chi connectivity index (χ1) is 17.0. The molecular formula is C28H36N4O4. The number of carbonyl (C=O) groups excluding carboxylic acids is 3. The van der Waals surface area contributed by atoms with Crippen molar-refractivity contribution >= 4 is 29.6 Å². The SMILES string of the molecule is CCC(C)(C)c1ccc(OCC(=O)Nc2cccc(C(=O)NN3N=CCC3=O)c2)c(C(C)(C)CC)c1. The second-order valence-corrected chi connectivity index (χ2v) is 10.3. The van der Waals surface area contributed by atoms with E-state index < -0.39 is 5.91 Å². The van der Waals surface area contributed by atoms with Crippen molar-refractivity contribution in [2.24, 2.45) is 5.10 Å². The highest BCUT2D eigenvalue weighted by molar-refractivity contribution is 6.00. The molecule has 0 radical (unpaired) electrons. The summed E-state index contributed by atoms with van der Waals surface area (Å²) >= 11 is 0. The Balaban J connectivity index is 1.69. The van der Waals surface area contributed by atoms with Gasteiger partial charge < -0.3 is 10.1 Å². The molecule has 0 saturated carbocycles. The highest BCUT2D eigenvalue weighted by atomic mass is 16.5. The molecule has 2 aromatic carbocycles. The molecule has 0 aliphatic carbocycles. The van der Waals surface area contributed by atoms with Gasteiger partial charge in [0.05, 0.1) is 6.42 Å². The van der Waals surface area contributed by atoms with Crippen LogP contribution < -0.4 is 15.5 Å². The van der Waals surface area contributed by atoms with Crippen LogP contribution in [0.4, 0.5) is 5.69 Å². The number of benzene rings is 2. The van der Waals surface area contributed by atoms with Crippen molar-refractivity contribution in [2.45, 2.75) is 71.6 Å². The van der Waals surface area contributed by atoms with E-state index in [1.54, 1.807) is 18.2 Å². The third-order valence-corrected chi connectivity index (χ3v) is 6.93. The minimum Gasteiger partial charge on any atom is -0.483 e. The first-order valence-electron chi connectivity index (χ1n) is 12.3. The molecule has 2 N–H and O–H groups in total. The van der Waals surface area contributed by atoms with E-state index >= 15 is 0 Å². The van der Waals surface area contributed by atoms with E-state index in [-0.39, 0.29) is 41.2 Å². The predicted octanol–water partition coefficient (Wildman–Crippen LogP) is 4.94. The van der Waals surface area contributed by atoms with Gasteiger partial charge in [-0.25, -0.2) is 5.43 Å². The van der Waals surface area contributed by atoms with Gasteiger partial charge >= 0.3 is 0 Å². The summed E-state index contributed by atoms with van der Waals surface area (Å²) < 4.78 is 5.99. The molecule has 2 aromatic rings. The van der Waals surface area contributed by atoms with Crippen molar-refractivity contribution in [3.05, 3.63) is 59.2 Å². The summed E-state index contributed by atoms with van der Waals surface area (Å²) in [6.07, 6.45) is 3.51. The van der Waals surface area contributed by atoms with E-state index in [1.807, 2.05) is 6.07 Å². The molecule has 0 unspecified atom stereocenters. The van der Waals surface area contributed by atoms with Crippen molar-refractivity contribution in [1.82, 2.24) is 10.5 Å². The van der Waals surface area contributed by atoms with Gasteiger partial charge in [-0.05, 0) is 53.5 Å². The van der Waals surface area contributed by atoms with Crippen LogP contribution in [0.5, 0.6) is 5.75 Å². The fourth-order valence-electron chi connectivity index (χ4n) is 3.68. The molecule has 0 bridgehead atoms. The Morgan fingerprint density at radius 1 is 1.03 bits per heavy atom. The predicted molar refractivity (Wildman–Crippen MR) is 141 cm³/mol. The normalized spacial score (nSPS) is 13.6. The van der Waals surface area contributed by atoms with Crippen LogP contribution in [-0.2, 0) is 20.4 Å². The number of amides is 3. The van der Waals surface area contributed by atoms with Crippen LogP contribution in [0.25, 0.3) is 0 Å². The summed E-state index contributed by atoms with van der Waals surface area (Å²) in [6.45, 7) is 13.0. The van der Waals surface area contributed by atoms with Crippen LogP contribution in [0, 0.1) is 0 Å². The summed E-state index contributed by atoms with van der Waals surface area (Å²) in [4.78, 5) is 36.8. The summed E-state index contributed by atoms with van der Waals surface area (Å²) in [7, 11) is 0. The van der Waals surface area contributed by atoms with Gasteiger partial charge in [0.25, 0.3) is 17.7 Å². The van der Waals surface area contributed by atoms with Gasteiger partial charge in [0.15, 0.2) is 6.61 Å². The molecule has 8 nitrogen and oxygen atoms in total. The topological polar surface area (TPSA) is 100 Å². The van der Waals surface area contributed by atoms with Crippen LogP contribution in [0.1, 0.15) is 82.3 Å². The monoisotopic (exact) mass is 492 g/mol. The third-order valence-electron chi connectivity index (χ3n) is 6.93. The molecule has 3 rings (SSSR count). The Morgan fingerprint density at radius 3 is 2.39 bits per heavy atom. The van der Waals surface area contributed by atoms with Gasteiger partial charge in [-0.3, -0.25) is 14.4 Å². The number of nitrogens with one attached hydrogen (secondary N) is 2. The lowest BCUT2D eigenvalue weighted by Gasteiger charge is -2.30. The lowest BCUT2D eigenvalue weighted by Crippen LogP contribution is -2.40. The summed E-state index contributed by atoms with van der Waals surface area (Å²) in [5.41, 5.74) is 5.40. The molecule has 0 aromatic heterocycles. The number of rotatable bonds is 10. The van der Waals surface area contributed by atoms with Gasteiger partial charge in [-0.15, -0.1) is 5.12 Å². The van der Waals surface area contributed by atoms with Crippen LogP contribution in [0.3, 0.4) is 0 Å². The summed E-state index contributed by atoms with van der Waals surface area (Å²) in [6, 6.07) is 12.7. The quantitative estimate of drug-likeness (QED) is 0.490. The fourth-order valence-corrected chi connectivity index (χ4v) is 3.68. The second-order valence-electron chi connectivity index (χ2n) is 10.3. The van der Waals surface area contributed by atoms with Gasteiger partial charge in [-0.2, -0.15) is 5.10 Å². The van der Waals surface area contributed by atoms with Gasteiger partial charge in [0, 0.05) is 23.0 Å². The number of hydrazine groups is 1. The number of hydrazone groups is 1. The van der Waals surface area contributed by atoms with E-state index in [9.17, 15) is 14.4 Å². The number of ether oxygens (including phenoxy) is 1. The summed E-state index contributed by atoms with van der Waals surface area (Å²) in [5, 5.41) is 7.48. The molecule has 0 saturated heterocycles. The Bertz CT molecular complexity index is 1170. The van der Waals surface area contributed by atoms with Crippen molar-refractivity contribution in [2.75, 3.05) is 11.9 Å².